The first kappa shape index (κ1) is 25.5. The lowest BCUT2D eigenvalue weighted by Gasteiger charge is -2.25. The van der Waals surface area contributed by atoms with Crippen LogP contribution in [0.1, 0.15) is 16.2 Å². The molecule has 1 fully saturated rings. The van der Waals surface area contributed by atoms with Gasteiger partial charge in [-0.2, -0.15) is 9.78 Å². The van der Waals surface area contributed by atoms with Gasteiger partial charge in [0.05, 0.1) is 29.5 Å². The number of benzene rings is 1. The van der Waals surface area contributed by atoms with Crippen LogP contribution in [0.5, 0.6) is 0 Å². The Hall–Kier alpha value is -4.18. The highest BCUT2D eigenvalue weighted by molar-refractivity contribution is 6.36. The van der Waals surface area contributed by atoms with Gasteiger partial charge in [0, 0.05) is 42.8 Å². The Bertz CT molecular complexity index is 1550. The van der Waals surface area contributed by atoms with Crippen LogP contribution in [-0.4, -0.2) is 74.8 Å². The third kappa shape index (κ3) is 5.40. The Morgan fingerprint density at radius 1 is 1.08 bits per heavy atom. The molecule has 4 aromatic rings. The van der Waals surface area contributed by atoms with Crippen molar-refractivity contribution in [1.82, 2.24) is 29.5 Å². The predicted octanol–water partition coefficient (Wildman–Crippen LogP) is 2.94. The topological polar surface area (TPSA) is 159 Å². The van der Waals surface area contributed by atoms with Gasteiger partial charge in [-0.15, -0.1) is 5.10 Å². The van der Waals surface area contributed by atoms with Crippen LogP contribution in [0.2, 0.25) is 10.0 Å². The molecule has 14 heteroatoms. The summed E-state index contributed by atoms with van der Waals surface area (Å²) in [5, 5.41) is 20.8. The van der Waals surface area contributed by atoms with E-state index in [1.165, 1.54) is 4.52 Å². The molecule has 0 unspecified atom stereocenters. The van der Waals surface area contributed by atoms with Gasteiger partial charge >= 0.3 is 0 Å². The van der Waals surface area contributed by atoms with Crippen molar-refractivity contribution in [2.75, 3.05) is 55.8 Å². The van der Waals surface area contributed by atoms with Crippen LogP contribution in [-0.2, 0) is 4.74 Å². The number of hydrogen-bond donors (Lipinski definition) is 3. The molecule has 12 nitrogen and oxygen atoms in total. The number of nitrogens with one attached hydrogen (secondary N) is 2. The maximum atomic E-state index is 13.0. The second-order valence-electron chi connectivity index (χ2n) is 8.29. The van der Waals surface area contributed by atoms with Crippen LogP contribution in [0, 0.1) is 11.3 Å². The first-order valence-corrected chi connectivity index (χ1v) is 12.4. The van der Waals surface area contributed by atoms with Crippen molar-refractivity contribution in [3.8, 4) is 17.3 Å². The quantitative estimate of drug-likeness (QED) is 0.291. The van der Waals surface area contributed by atoms with Crippen molar-refractivity contribution in [2.24, 2.45) is 0 Å². The number of morpholine rings is 1. The van der Waals surface area contributed by atoms with Crippen molar-refractivity contribution in [2.45, 2.75) is 0 Å². The number of nitrogens with two attached hydrogens (primary N) is 1. The molecule has 0 spiro atoms. The minimum Gasteiger partial charge on any atom is -0.383 e. The van der Waals surface area contributed by atoms with E-state index < -0.39 is 0 Å². The summed E-state index contributed by atoms with van der Waals surface area (Å²) in [6, 6.07) is 12.1. The Morgan fingerprint density at radius 3 is 2.61 bits per heavy atom. The van der Waals surface area contributed by atoms with Crippen molar-refractivity contribution in [3.63, 3.8) is 0 Å². The number of anilines is 3. The molecule has 3 aromatic heterocycles. The number of nitrogen functional groups attached to an aromatic ring is 1. The molecule has 5 rings (SSSR count). The van der Waals surface area contributed by atoms with Crippen molar-refractivity contribution in [3.05, 3.63) is 57.8 Å². The number of fused-ring (bicyclic) bond motifs is 1. The Labute approximate surface area is 227 Å². The van der Waals surface area contributed by atoms with Crippen LogP contribution in [0.15, 0.2) is 36.4 Å². The zero-order chi connectivity index (χ0) is 26.6. The van der Waals surface area contributed by atoms with Gasteiger partial charge in [-0.1, -0.05) is 23.2 Å². The molecule has 0 bridgehead atoms. The van der Waals surface area contributed by atoms with Gasteiger partial charge in [0.1, 0.15) is 17.7 Å². The molecule has 0 aliphatic carbocycles. The SMILES string of the molecule is N#Cc1ccc(NCCNc2nc(-c3ccc(Cl)cc3Cl)cc3nc(C(=O)N4CCOCC4)nn23)nc1N. The number of nitrogens with zero attached hydrogens (tertiary/aromatic N) is 7. The highest BCUT2D eigenvalue weighted by Crippen LogP contribution is 2.30. The van der Waals surface area contributed by atoms with E-state index >= 15 is 0 Å². The van der Waals surface area contributed by atoms with E-state index in [9.17, 15) is 4.79 Å². The zero-order valence-electron chi connectivity index (χ0n) is 20.0. The molecule has 0 radical (unpaired) electrons. The number of carbonyl (C=O) groups excluding carboxylic acids is 1. The zero-order valence-corrected chi connectivity index (χ0v) is 21.5. The van der Waals surface area contributed by atoms with Crippen LogP contribution < -0.4 is 16.4 Å². The number of amides is 1. The summed E-state index contributed by atoms with van der Waals surface area (Å²) in [6.45, 7) is 2.75. The average Bonchev–Trinajstić information content (AvgIpc) is 3.35. The average molecular weight is 553 g/mol. The van der Waals surface area contributed by atoms with E-state index in [1.807, 2.05) is 6.07 Å². The normalized spacial score (nSPS) is 13.3. The summed E-state index contributed by atoms with van der Waals surface area (Å²) >= 11 is 12.5. The third-order valence-corrected chi connectivity index (χ3v) is 6.33. The largest absolute Gasteiger partial charge is 0.383 e. The van der Waals surface area contributed by atoms with Gasteiger partial charge in [0.15, 0.2) is 5.65 Å². The lowest BCUT2D eigenvalue weighted by molar-refractivity contribution is 0.0295. The van der Waals surface area contributed by atoms with Crippen molar-refractivity contribution in [1.29, 1.82) is 5.26 Å². The van der Waals surface area contributed by atoms with E-state index in [1.54, 1.807) is 41.3 Å². The molecule has 1 aromatic carbocycles. The number of pyridine rings is 1. The van der Waals surface area contributed by atoms with E-state index in [4.69, 9.17) is 43.9 Å². The molecule has 1 aliphatic heterocycles. The Morgan fingerprint density at radius 2 is 1.87 bits per heavy atom. The highest BCUT2D eigenvalue weighted by atomic mass is 35.5. The molecular formula is C24H22Cl2N10O2. The number of rotatable bonds is 7. The van der Waals surface area contributed by atoms with E-state index in [0.717, 1.165) is 0 Å². The molecule has 1 saturated heterocycles. The maximum Gasteiger partial charge on any atom is 0.293 e. The van der Waals surface area contributed by atoms with E-state index in [0.29, 0.717) is 83.7 Å². The Kier molecular flexibility index (Phi) is 7.41. The fourth-order valence-corrected chi connectivity index (χ4v) is 4.38. The molecule has 194 valence electrons. The number of nitriles is 1. The summed E-state index contributed by atoms with van der Waals surface area (Å²) in [6.07, 6.45) is 0. The fraction of sp³-hybridized carbons (Fsp3) is 0.250. The smallest absolute Gasteiger partial charge is 0.293 e. The number of carbonyl (C=O) groups is 1. The molecule has 0 atom stereocenters. The fourth-order valence-electron chi connectivity index (χ4n) is 3.87. The van der Waals surface area contributed by atoms with E-state index in [2.05, 4.69) is 25.7 Å². The van der Waals surface area contributed by atoms with E-state index in [-0.39, 0.29) is 17.5 Å². The van der Waals surface area contributed by atoms with Crippen molar-refractivity contribution >= 4 is 52.3 Å². The first-order chi connectivity index (χ1) is 18.4. The number of ether oxygens (including phenoxy) is 1. The molecule has 4 N–H and O–H groups in total. The third-order valence-electron chi connectivity index (χ3n) is 5.78. The second kappa shape index (κ2) is 11.1. The van der Waals surface area contributed by atoms with Gasteiger partial charge in [0.2, 0.25) is 11.8 Å². The molecule has 1 aliphatic rings. The highest BCUT2D eigenvalue weighted by Gasteiger charge is 2.24. The molecular weight excluding hydrogens is 531 g/mol. The number of hydrogen-bond acceptors (Lipinski definition) is 10. The van der Waals surface area contributed by atoms with Crippen LogP contribution in [0.25, 0.3) is 16.9 Å². The summed E-state index contributed by atoms with van der Waals surface area (Å²) in [5.74, 6) is 0.835. The number of aromatic nitrogens is 5. The van der Waals surface area contributed by atoms with Crippen molar-refractivity contribution < 1.29 is 9.53 Å². The first-order valence-electron chi connectivity index (χ1n) is 11.7. The molecule has 1 amide bonds. The summed E-state index contributed by atoms with van der Waals surface area (Å²) < 4.78 is 6.82. The van der Waals surface area contributed by atoms with Gasteiger partial charge in [-0.05, 0) is 30.3 Å². The maximum absolute atomic E-state index is 13.0. The summed E-state index contributed by atoms with van der Waals surface area (Å²) in [4.78, 5) is 28.1. The summed E-state index contributed by atoms with van der Waals surface area (Å²) in [7, 11) is 0. The summed E-state index contributed by atoms with van der Waals surface area (Å²) in [5.41, 5.74) is 7.72. The molecule has 0 saturated carbocycles. The standard InChI is InChI=1S/C24H22Cl2N10O2/c25-15-2-3-16(17(26)11-15)18-12-20-33-22(23(37)35-7-9-38-10-8-35)34-36(20)24(31-18)30-6-5-29-19-4-1-14(13-27)21(28)32-19/h1-4,11-12H,5-10H2,(H,30,31)(H3,28,29,32). The van der Waals surface area contributed by atoms with Crippen LogP contribution in [0.4, 0.5) is 17.6 Å². The van der Waals surface area contributed by atoms with Gasteiger partial charge in [0.25, 0.3) is 5.91 Å². The van der Waals surface area contributed by atoms with Gasteiger partial charge < -0.3 is 26.0 Å². The lowest BCUT2D eigenvalue weighted by atomic mass is 10.1. The molecule has 38 heavy (non-hydrogen) atoms. The van der Waals surface area contributed by atoms with Gasteiger partial charge in [-0.3, -0.25) is 4.79 Å². The van der Waals surface area contributed by atoms with Crippen LogP contribution in [0.3, 0.4) is 0 Å². The monoisotopic (exact) mass is 552 g/mol. The predicted molar refractivity (Wildman–Crippen MR) is 143 cm³/mol. The minimum absolute atomic E-state index is 0.0616. The lowest BCUT2D eigenvalue weighted by Crippen LogP contribution is -2.41. The van der Waals surface area contributed by atoms with Gasteiger partial charge in [-0.25, -0.2) is 15.0 Å². The van der Waals surface area contributed by atoms with Crippen LogP contribution >= 0.6 is 23.2 Å². The second-order valence-corrected chi connectivity index (χ2v) is 9.14. The Balaban J connectivity index is 1.42. The minimum atomic E-state index is -0.278. The molecule has 4 heterocycles. The number of halogens is 2.